The Labute approximate surface area is 209 Å². The van der Waals surface area contributed by atoms with Gasteiger partial charge in [-0.15, -0.1) is 0 Å². The highest BCUT2D eigenvalue weighted by Crippen LogP contribution is 2.39. The van der Waals surface area contributed by atoms with Crippen LogP contribution in [0.4, 0.5) is 11.4 Å². The SMILES string of the molecule is CCC(=O)N1CCc2cc(Br)cc(S(=O)(=O)N3CCC(C(=O)Nc4cccc(CC)c4)CC3)c21. The molecule has 2 aliphatic heterocycles. The Balaban J connectivity index is 1.50. The second-order valence-corrected chi connectivity index (χ2v) is 11.6. The van der Waals surface area contributed by atoms with Crippen LogP contribution in [-0.4, -0.2) is 44.2 Å². The third-order valence-corrected chi connectivity index (χ3v) is 9.01. The van der Waals surface area contributed by atoms with E-state index in [-0.39, 0.29) is 35.7 Å². The third-order valence-electron chi connectivity index (χ3n) is 6.64. The van der Waals surface area contributed by atoms with Crippen molar-refractivity contribution < 1.29 is 18.0 Å². The van der Waals surface area contributed by atoms with E-state index in [0.717, 1.165) is 23.2 Å². The van der Waals surface area contributed by atoms with Crippen LogP contribution in [0.5, 0.6) is 0 Å². The number of rotatable bonds is 6. The molecular weight excluding hydrogens is 518 g/mol. The minimum Gasteiger partial charge on any atom is -0.326 e. The fraction of sp³-hybridized carbons (Fsp3) is 0.440. The maximum Gasteiger partial charge on any atom is 0.245 e. The Morgan fingerprint density at radius 3 is 2.50 bits per heavy atom. The lowest BCUT2D eigenvalue weighted by molar-refractivity contribution is -0.121. The average Bonchev–Trinajstić information content (AvgIpc) is 3.26. The third kappa shape index (κ3) is 4.92. The summed E-state index contributed by atoms with van der Waals surface area (Å²) in [7, 11) is -3.82. The molecule has 4 rings (SSSR count). The monoisotopic (exact) mass is 547 g/mol. The number of benzene rings is 2. The Kier molecular flexibility index (Phi) is 7.45. The summed E-state index contributed by atoms with van der Waals surface area (Å²) in [5.74, 6) is -0.406. The smallest absolute Gasteiger partial charge is 0.245 e. The molecule has 1 N–H and O–H groups in total. The quantitative estimate of drug-likeness (QED) is 0.582. The van der Waals surface area contributed by atoms with Crippen molar-refractivity contribution in [2.75, 3.05) is 29.9 Å². The van der Waals surface area contributed by atoms with Crippen LogP contribution >= 0.6 is 15.9 Å². The topological polar surface area (TPSA) is 86.8 Å². The van der Waals surface area contributed by atoms with Crippen LogP contribution in [-0.2, 0) is 32.5 Å². The summed E-state index contributed by atoms with van der Waals surface area (Å²) >= 11 is 3.44. The van der Waals surface area contributed by atoms with Gasteiger partial charge in [-0.25, -0.2) is 8.42 Å². The lowest BCUT2D eigenvalue weighted by Crippen LogP contribution is -2.42. The van der Waals surface area contributed by atoms with Crippen molar-refractivity contribution in [3.05, 3.63) is 52.0 Å². The van der Waals surface area contributed by atoms with Gasteiger partial charge in [0.1, 0.15) is 4.90 Å². The van der Waals surface area contributed by atoms with E-state index in [1.807, 2.05) is 30.3 Å². The van der Waals surface area contributed by atoms with Crippen LogP contribution in [0.25, 0.3) is 0 Å². The number of fused-ring (bicyclic) bond motifs is 1. The molecule has 2 aromatic carbocycles. The Hall–Kier alpha value is -2.23. The van der Waals surface area contributed by atoms with E-state index in [4.69, 9.17) is 0 Å². The lowest BCUT2D eigenvalue weighted by Gasteiger charge is -2.31. The summed E-state index contributed by atoms with van der Waals surface area (Å²) < 4.78 is 29.4. The fourth-order valence-corrected chi connectivity index (χ4v) is 7.10. The van der Waals surface area contributed by atoms with Crippen molar-refractivity contribution in [1.29, 1.82) is 0 Å². The Morgan fingerprint density at radius 1 is 1.09 bits per heavy atom. The molecule has 0 atom stereocenters. The number of carbonyl (C=O) groups excluding carboxylic acids is 2. The van der Waals surface area contributed by atoms with Crippen LogP contribution in [0.1, 0.15) is 44.2 Å². The number of nitrogens with one attached hydrogen (secondary N) is 1. The molecule has 0 bridgehead atoms. The van der Waals surface area contributed by atoms with Gasteiger partial charge in [-0.1, -0.05) is 41.9 Å². The van der Waals surface area contributed by atoms with Crippen LogP contribution < -0.4 is 10.2 Å². The van der Waals surface area contributed by atoms with Crippen LogP contribution in [0, 0.1) is 5.92 Å². The minimum absolute atomic E-state index is 0.0756. The second-order valence-electron chi connectivity index (χ2n) is 8.78. The van der Waals surface area contributed by atoms with E-state index < -0.39 is 10.0 Å². The van der Waals surface area contributed by atoms with Gasteiger partial charge in [-0.2, -0.15) is 4.31 Å². The van der Waals surface area contributed by atoms with Crippen LogP contribution in [0.2, 0.25) is 0 Å². The molecular formula is C25H30BrN3O4S. The van der Waals surface area contributed by atoms with Crippen molar-refractivity contribution in [3.8, 4) is 0 Å². The molecule has 0 spiro atoms. The largest absolute Gasteiger partial charge is 0.326 e. The predicted molar refractivity (Wildman–Crippen MR) is 136 cm³/mol. The zero-order valence-electron chi connectivity index (χ0n) is 19.5. The summed E-state index contributed by atoms with van der Waals surface area (Å²) in [6, 6.07) is 11.3. The van der Waals surface area contributed by atoms with Gasteiger partial charge in [0.15, 0.2) is 0 Å². The molecule has 34 heavy (non-hydrogen) atoms. The molecule has 2 aromatic rings. The number of amides is 2. The van der Waals surface area contributed by atoms with Gasteiger partial charge in [-0.05, 0) is 61.1 Å². The molecule has 2 heterocycles. The minimum atomic E-state index is -3.82. The zero-order chi connectivity index (χ0) is 24.5. The maximum atomic E-state index is 13.7. The number of nitrogens with zero attached hydrogens (tertiary/aromatic N) is 2. The van der Waals surface area contributed by atoms with Gasteiger partial charge >= 0.3 is 0 Å². The molecule has 0 aromatic heterocycles. The first-order chi connectivity index (χ1) is 16.2. The zero-order valence-corrected chi connectivity index (χ0v) is 21.9. The first kappa shape index (κ1) is 24.9. The van der Waals surface area contributed by atoms with Gasteiger partial charge in [-0.3, -0.25) is 9.59 Å². The predicted octanol–water partition coefficient (Wildman–Crippen LogP) is 4.35. The summed E-state index contributed by atoms with van der Waals surface area (Å²) in [6.45, 7) is 4.86. The molecule has 0 saturated carbocycles. The molecule has 0 unspecified atom stereocenters. The van der Waals surface area contributed by atoms with Crippen LogP contribution in [0.15, 0.2) is 45.8 Å². The van der Waals surface area contributed by atoms with E-state index in [0.29, 0.717) is 42.4 Å². The number of carbonyl (C=O) groups is 2. The standard InChI is InChI=1S/C25H30BrN3O4S/c1-3-17-6-5-7-21(14-17)27-25(31)18-8-11-28(12-9-18)34(32,33)22-16-20(26)15-19-10-13-29(24(19)22)23(30)4-2/h5-7,14-16,18H,3-4,8-13H2,1-2H3,(H,27,31). The number of piperidine rings is 1. The van der Waals surface area contributed by atoms with Gasteiger partial charge in [0.25, 0.3) is 0 Å². The van der Waals surface area contributed by atoms with E-state index in [1.165, 1.54) is 4.31 Å². The lowest BCUT2D eigenvalue weighted by atomic mass is 9.97. The number of aryl methyl sites for hydroxylation is 1. The Morgan fingerprint density at radius 2 is 1.82 bits per heavy atom. The van der Waals surface area contributed by atoms with Crippen molar-refractivity contribution in [1.82, 2.24) is 4.31 Å². The van der Waals surface area contributed by atoms with Gasteiger partial charge in [0.2, 0.25) is 21.8 Å². The van der Waals surface area contributed by atoms with Gasteiger partial charge in [0.05, 0.1) is 5.69 Å². The summed E-state index contributed by atoms with van der Waals surface area (Å²) in [4.78, 5) is 27.1. The highest BCUT2D eigenvalue weighted by atomic mass is 79.9. The molecule has 0 aliphatic carbocycles. The summed E-state index contributed by atoms with van der Waals surface area (Å²) in [5.41, 5.74) is 3.28. The number of anilines is 2. The van der Waals surface area contributed by atoms with E-state index in [9.17, 15) is 18.0 Å². The normalized spacial score (nSPS) is 17.0. The molecule has 182 valence electrons. The second kappa shape index (κ2) is 10.2. The number of hydrogen-bond acceptors (Lipinski definition) is 4. The Bertz CT molecular complexity index is 1210. The molecule has 2 amide bonds. The van der Waals surface area contributed by atoms with E-state index in [2.05, 4.69) is 28.2 Å². The van der Waals surface area contributed by atoms with Gasteiger partial charge in [0, 0.05) is 42.1 Å². The first-order valence-electron chi connectivity index (χ1n) is 11.8. The van der Waals surface area contributed by atoms with Crippen molar-refractivity contribution in [2.45, 2.75) is 50.8 Å². The van der Waals surface area contributed by atoms with Crippen LogP contribution in [0.3, 0.4) is 0 Å². The van der Waals surface area contributed by atoms with Crippen molar-refractivity contribution in [2.24, 2.45) is 5.92 Å². The number of halogens is 1. The maximum absolute atomic E-state index is 13.7. The van der Waals surface area contributed by atoms with E-state index >= 15 is 0 Å². The van der Waals surface area contributed by atoms with E-state index in [1.54, 1.807) is 17.9 Å². The summed E-state index contributed by atoms with van der Waals surface area (Å²) in [6.07, 6.45) is 2.74. The summed E-state index contributed by atoms with van der Waals surface area (Å²) in [5, 5.41) is 2.98. The highest BCUT2D eigenvalue weighted by molar-refractivity contribution is 9.10. The van der Waals surface area contributed by atoms with Crippen molar-refractivity contribution in [3.63, 3.8) is 0 Å². The molecule has 0 radical (unpaired) electrons. The fourth-order valence-electron chi connectivity index (χ4n) is 4.72. The number of hydrogen-bond donors (Lipinski definition) is 1. The first-order valence-corrected chi connectivity index (χ1v) is 14.0. The van der Waals surface area contributed by atoms with Gasteiger partial charge < -0.3 is 10.2 Å². The average molecular weight is 549 g/mol. The van der Waals surface area contributed by atoms with Crippen molar-refractivity contribution >= 4 is 49.1 Å². The molecule has 1 fully saturated rings. The molecule has 1 saturated heterocycles. The molecule has 9 heteroatoms. The molecule has 7 nitrogen and oxygen atoms in total. The molecule has 2 aliphatic rings. The highest BCUT2D eigenvalue weighted by Gasteiger charge is 2.37. The number of sulfonamides is 1.